The van der Waals surface area contributed by atoms with Crippen LogP contribution in [-0.2, 0) is 11.3 Å². The van der Waals surface area contributed by atoms with Gasteiger partial charge in [-0.15, -0.1) is 11.3 Å². The Balaban J connectivity index is 2.40. The molecule has 84 valence electrons. The largest absolute Gasteiger partial charge is 0.351 e. The van der Waals surface area contributed by atoms with Crippen molar-refractivity contribution in [2.75, 3.05) is 6.54 Å². The van der Waals surface area contributed by atoms with Gasteiger partial charge in [0.1, 0.15) is 0 Å². The highest BCUT2D eigenvalue weighted by Crippen LogP contribution is 2.19. The molecular formula is C10H15BrN2OS. The minimum absolute atomic E-state index is 0.0459. The van der Waals surface area contributed by atoms with E-state index in [1.165, 1.54) is 0 Å². The summed E-state index contributed by atoms with van der Waals surface area (Å²) in [7, 11) is 0. The lowest BCUT2D eigenvalue weighted by Crippen LogP contribution is -2.34. The lowest BCUT2D eigenvalue weighted by atomic mass is 10.1. The van der Waals surface area contributed by atoms with Crippen molar-refractivity contribution in [2.45, 2.75) is 19.9 Å². The van der Waals surface area contributed by atoms with E-state index in [1.54, 1.807) is 11.3 Å². The quantitative estimate of drug-likeness (QED) is 0.873. The van der Waals surface area contributed by atoms with Gasteiger partial charge >= 0.3 is 0 Å². The monoisotopic (exact) mass is 290 g/mol. The lowest BCUT2D eigenvalue weighted by Gasteiger charge is -2.11. The summed E-state index contributed by atoms with van der Waals surface area (Å²) >= 11 is 5.00. The fourth-order valence-electron chi connectivity index (χ4n) is 1.22. The Morgan fingerprint density at radius 1 is 1.73 bits per heavy atom. The van der Waals surface area contributed by atoms with E-state index in [-0.39, 0.29) is 11.8 Å². The summed E-state index contributed by atoms with van der Waals surface area (Å²) in [5, 5.41) is 4.89. The molecule has 0 aliphatic heterocycles. The van der Waals surface area contributed by atoms with Gasteiger partial charge in [0.05, 0.1) is 6.54 Å². The Morgan fingerprint density at radius 2 is 2.47 bits per heavy atom. The van der Waals surface area contributed by atoms with Crippen LogP contribution in [0.5, 0.6) is 0 Å². The number of nitrogens with two attached hydrogens (primary N) is 1. The molecule has 0 spiro atoms. The number of hydrogen-bond acceptors (Lipinski definition) is 3. The molecule has 3 N–H and O–H groups in total. The van der Waals surface area contributed by atoms with Crippen LogP contribution >= 0.6 is 27.3 Å². The second-order valence-corrected chi connectivity index (χ2v) is 5.20. The summed E-state index contributed by atoms with van der Waals surface area (Å²) in [6, 6.07) is 2.01. The highest BCUT2D eigenvalue weighted by Gasteiger charge is 2.13. The molecule has 1 aromatic heterocycles. The van der Waals surface area contributed by atoms with Gasteiger partial charge in [0.2, 0.25) is 5.91 Å². The van der Waals surface area contributed by atoms with Crippen molar-refractivity contribution >= 4 is 33.2 Å². The minimum atomic E-state index is -0.0617. The molecule has 0 aromatic carbocycles. The van der Waals surface area contributed by atoms with Gasteiger partial charge in [-0.1, -0.05) is 6.92 Å². The second kappa shape index (κ2) is 6.25. The molecule has 1 unspecified atom stereocenters. The first kappa shape index (κ1) is 12.7. The van der Waals surface area contributed by atoms with Crippen LogP contribution in [0.2, 0.25) is 0 Å². The molecule has 15 heavy (non-hydrogen) atoms. The van der Waals surface area contributed by atoms with E-state index in [0.717, 1.165) is 15.8 Å². The van der Waals surface area contributed by atoms with Gasteiger partial charge in [-0.3, -0.25) is 4.79 Å². The molecule has 3 nitrogen and oxygen atoms in total. The second-order valence-electron chi connectivity index (χ2n) is 3.29. The number of hydrogen-bond donors (Lipinski definition) is 2. The van der Waals surface area contributed by atoms with Gasteiger partial charge in [-0.05, 0) is 28.4 Å². The van der Waals surface area contributed by atoms with Crippen LogP contribution < -0.4 is 11.1 Å². The van der Waals surface area contributed by atoms with E-state index < -0.39 is 0 Å². The van der Waals surface area contributed by atoms with Crippen molar-refractivity contribution in [1.29, 1.82) is 0 Å². The summed E-state index contributed by atoms with van der Waals surface area (Å²) in [5.74, 6) is -0.0158. The maximum Gasteiger partial charge on any atom is 0.224 e. The Kier molecular flexibility index (Phi) is 5.28. The third-order valence-electron chi connectivity index (χ3n) is 2.21. The number of carbonyl (C=O) groups excluding carboxylic acids is 1. The van der Waals surface area contributed by atoms with Crippen LogP contribution in [0.1, 0.15) is 18.2 Å². The standard InChI is InChI=1S/C10H15BrN2OS/c1-2-7(4-12)10(14)13-5-9-3-8(11)6-15-9/h3,6-7H,2,4-5,12H2,1H3,(H,13,14). The Bertz CT molecular complexity index is 323. The predicted octanol–water partition coefficient (Wildman–Crippen LogP) is 2.11. The summed E-state index contributed by atoms with van der Waals surface area (Å²) in [4.78, 5) is 12.7. The Hall–Kier alpha value is -0.390. The van der Waals surface area contributed by atoms with E-state index in [2.05, 4.69) is 21.2 Å². The first-order valence-electron chi connectivity index (χ1n) is 4.88. The van der Waals surface area contributed by atoms with Crippen LogP contribution in [0, 0.1) is 5.92 Å². The van der Waals surface area contributed by atoms with Crippen LogP contribution in [-0.4, -0.2) is 12.5 Å². The van der Waals surface area contributed by atoms with E-state index in [1.807, 2.05) is 18.4 Å². The molecule has 1 heterocycles. The van der Waals surface area contributed by atoms with Gasteiger partial charge in [0, 0.05) is 27.2 Å². The summed E-state index contributed by atoms with van der Waals surface area (Å²) in [6.45, 7) is 2.97. The molecular weight excluding hydrogens is 276 g/mol. The zero-order chi connectivity index (χ0) is 11.3. The number of rotatable bonds is 5. The molecule has 1 rings (SSSR count). The van der Waals surface area contributed by atoms with Crippen molar-refractivity contribution in [3.63, 3.8) is 0 Å². The van der Waals surface area contributed by atoms with Crippen molar-refractivity contribution in [3.8, 4) is 0 Å². The molecule has 0 saturated heterocycles. The third-order valence-corrected chi connectivity index (χ3v) is 3.90. The summed E-state index contributed by atoms with van der Waals surface area (Å²) in [5.41, 5.74) is 5.49. The predicted molar refractivity (Wildman–Crippen MR) is 66.7 cm³/mol. The molecule has 0 radical (unpaired) electrons. The van der Waals surface area contributed by atoms with Gasteiger partial charge in [0.15, 0.2) is 0 Å². The van der Waals surface area contributed by atoms with E-state index in [4.69, 9.17) is 5.73 Å². The van der Waals surface area contributed by atoms with Crippen molar-refractivity contribution in [3.05, 3.63) is 20.8 Å². The Morgan fingerprint density at radius 3 is 2.93 bits per heavy atom. The molecule has 0 aliphatic carbocycles. The topological polar surface area (TPSA) is 55.1 Å². The first-order valence-corrected chi connectivity index (χ1v) is 6.55. The first-order chi connectivity index (χ1) is 7.17. The van der Waals surface area contributed by atoms with E-state index in [9.17, 15) is 4.79 Å². The molecule has 0 saturated carbocycles. The molecule has 0 aliphatic rings. The lowest BCUT2D eigenvalue weighted by molar-refractivity contribution is -0.124. The van der Waals surface area contributed by atoms with Gasteiger partial charge in [-0.2, -0.15) is 0 Å². The highest BCUT2D eigenvalue weighted by molar-refractivity contribution is 9.10. The number of nitrogens with one attached hydrogen (secondary N) is 1. The number of carbonyl (C=O) groups is 1. The van der Waals surface area contributed by atoms with Crippen LogP contribution in [0.4, 0.5) is 0 Å². The van der Waals surface area contributed by atoms with Crippen LogP contribution in [0.3, 0.4) is 0 Å². The van der Waals surface area contributed by atoms with Crippen molar-refractivity contribution in [2.24, 2.45) is 11.7 Å². The summed E-state index contributed by atoms with van der Waals surface area (Å²) < 4.78 is 1.06. The van der Waals surface area contributed by atoms with Gasteiger partial charge in [0.25, 0.3) is 0 Å². The number of amides is 1. The molecule has 1 atom stereocenters. The minimum Gasteiger partial charge on any atom is -0.351 e. The smallest absolute Gasteiger partial charge is 0.224 e. The fourth-order valence-corrected chi connectivity index (χ4v) is 2.61. The molecule has 1 amide bonds. The maximum atomic E-state index is 11.6. The molecule has 0 fully saturated rings. The average molecular weight is 291 g/mol. The van der Waals surface area contributed by atoms with Crippen molar-refractivity contribution < 1.29 is 4.79 Å². The summed E-state index contributed by atoms with van der Waals surface area (Å²) in [6.07, 6.45) is 0.788. The Labute approximate surface area is 102 Å². The zero-order valence-electron chi connectivity index (χ0n) is 8.63. The fraction of sp³-hybridized carbons (Fsp3) is 0.500. The van der Waals surface area contributed by atoms with E-state index >= 15 is 0 Å². The average Bonchev–Trinajstić information content (AvgIpc) is 2.63. The van der Waals surface area contributed by atoms with Gasteiger partial charge < -0.3 is 11.1 Å². The number of thiophene rings is 1. The van der Waals surface area contributed by atoms with Gasteiger partial charge in [-0.25, -0.2) is 0 Å². The third kappa shape index (κ3) is 3.93. The zero-order valence-corrected chi connectivity index (χ0v) is 11.0. The maximum absolute atomic E-state index is 11.6. The van der Waals surface area contributed by atoms with Crippen LogP contribution in [0.25, 0.3) is 0 Å². The van der Waals surface area contributed by atoms with Crippen molar-refractivity contribution in [1.82, 2.24) is 5.32 Å². The van der Waals surface area contributed by atoms with Crippen LogP contribution in [0.15, 0.2) is 15.9 Å². The SMILES string of the molecule is CCC(CN)C(=O)NCc1cc(Br)cs1. The highest BCUT2D eigenvalue weighted by atomic mass is 79.9. The molecule has 0 bridgehead atoms. The molecule has 5 heteroatoms. The molecule has 1 aromatic rings. The number of halogens is 1. The van der Waals surface area contributed by atoms with E-state index in [0.29, 0.717) is 13.1 Å². The normalized spacial score (nSPS) is 12.5.